The van der Waals surface area contributed by atoms with Gasteiger partial charge in [-0.25, -0.2) is 9.78 Å². The zero-order chi connectivity index (χ0) is 20.7. The van der Waals surface area contributed by atoms with Gasteiger partial charge in [-0.05, 0) is 51.8 Å². The van der Waals surface area contributed by atoms with Gasteiger partial charge in [0.15, 0.2) is 0 Å². The Hall–Kier alpha value is -1.86. The summed E-state index contributed by atoms with van der Waals surface area (Å²) in [6.07, 6.45) is 3.02. The zero-order valence-corrected chi connectivity index (χ0v) is 18.8. The van der Waals surface area contributed by atoms with Crippen LogP contribution in [0, 0.1) is 0 Å². The van der Waals surface area contributed by atoms with Crippen LogP contribution in [0.4, 0.5) is 4.79 Å². The minimum atomic E-state index is -0.577. The summed E-state index contributed by atoms with van der Waals surface area (Å²) in [5, 5.41) is 2.90. The van der Waals surface area contributed by atoms with Crippen LogP contribution >= 0.6 is 15.9 Å². The second kappa shape index (κ2) is 10.1. The molecule has 2 rings (SSSR count). The number of carbonyl (C=O) groups excluding carboxylic acids is 1. The van der Waals surface area contributed by atoms with Gasteiger partial charge in [0, 0.05) is 11.1 Å². The molecule has 2 atom stereocenters. The average molecular weight is 452 g/mol. The van der Waals surface area contributed by atoms with E-state index >= 15 is 0 Å². The molecule has 7 heteroatoms. The predicted molar refractivity (Wildman–Crippen MR) is 114 cm³/mol. The van der Waals surface area contributed by atoms with Crippen LogP contribution in [-0.4, -0.2) is 34.4 Å². The summed E-state index contributed by atoms with van der Waals surface area (Å²) in [5.74, 6) is 0.632. The number of carbonyl (C=O) groups is 1. The normalized spacial score (nSPS) is 13.8. The molecule has 0 aliphatic heterocycles. The summed E-state index contributed by atoms with van der Waals surface area (Å²) in [5.41, 5.74) is 1.31. The Kier molecular flexibility index (Phi) is 8.07. The van der Waals surface area contributed by atoms with Gasteiger partial charge in [-0.1, -0.05) is 41.4 Å². The number of nitrogens with one attached hydrogen (secondary N) is 2. The lowest BCUT2D eigenvalue weighted by molar-refractivity contribution is 0.0191. The third kappa shape index (κ3) is 6.95. The number of nitrogens with zero attached hydrogens (tertiary/aromatic N) is 1. The zero-order valence-electron chi connectivity index (χ0n) is 17.2. The molecule has 0 radical (unpaired) electrons. The largest absolute Gasteiger partial charge is 0.444 e. The molecule has 2 aromatic rings. The molecule has 0 aliphatic rings. The van der Waals surface area contributed by atoms with E-state index in [1.165, 1.54) is 0 Å². The van der Waals surface area contributed by atoms with Crippen molar-refractivity contribution < 1.29 is 14.3 Å². The lowest BCUT2D eigenvalue weighted by atomic mass is 10.1. The van der Waals surface area contributed by atoms with Crippen LogP contribution in [0.15, 0.2) is 34.9 Å². The quantitative estimate of drug-likeness (QED) is 0.511. The Morgan fingerprint density at radius 2 is 1.96 bits per heavy atom. The van der Waals surface area contributed by atoms with Gasteiger partial charge in [0.1, 0.15) is 17.5 Å². The molecule has 0 bridgehead atoms. The molecule has 0 saturated heterocycles. The number of amides is 1. The lowest BCUT2D eigenvalue weighted by Gasteiger charge is -2.26. The number of hydrogen-bond donors (Lipinski definition) is 2. The molecule has 0 spiro atoms. The molecule has 0 fully saturated rings. The lowest BCUT2D eigenvalue weighted by Crippen LogP contribution is -2.40. The molecule has 0 unspecified atom stereocenters. The highest BCUT2D eigenvalue weighted by molar-refractivity contribution is 9.10. The molecular formula is C21H30BrN3O3. The first-order valence-corrected chi connectivity index (χ1v) is 10.4. The van der Waals surface area contributed by atoms with E-state index in [0.29, 0.717) is 12.4 Å². The van der Waals surface area contributed by atoms with Gasteiger partial charge < -0.3 is 19.8 Å². The molecule has 0 aliphatic carbocycles. The summed E-state index contributed by atoms with van der Waals surface area (Å²) in [6.45, 7) is 10.2. The van der Waals surface area contributed by atoms with Crippen LogP contribution in [0.25, 0.3) is 11.3 Å². The number of aromatic nitrogens is 2. The summed E-state index contributed by atoms with van der Waals surface area (Å²) in [6, 6.07) is 7.50. The second-order valence-electron chi connectivity index (χ2n) is 7.74. The fourth-order valence-electron chi connectivity index (χ4n) is 2.62. The smallest absolute Gasteiger partial charge is 0.408 e. The number of unbranched alkanes of at least 4 members (excludes halogenated alkanes) is 1. The van der Waals surface area contributed by atoms with E-state index in [4.69, 9.17) is 9.47 Å². The van der Waals surface area contributed by atoms with E-state index in [0.717, 1.165) is 28.6 Å². The van der Waals surface area contributed by atoms with E-state index in [1.54, 1.807) is 6.20 Å². The van der Waals surface area contributed by atoms with Crippen molar-refractivity contribution in [3.05, 3.63) is 40.8 Å². The van der Waals surface area contributed by atoms with Crippen molar-refractivity contribution in [3.8, 4) is 11.3 Å². The van der Waals surface area contributed by atoms with Gasteiger partial charge in [-0.3, -0.25) is 0 Å². The number of hydrogen-bond acceptors (Lipinski definition) is 4. The van der Waals surface area contributed by atoms with Crippen LogP contribution in [0.2, 0.25) is 0 Å². The Balaban J connectivity index is 2.20. The Morgan fingerprint density at radius 3 is 2.57 bits per heavy atom. The summed E-state index contributed by atoms with van der Waals surface area (Å²) in [7, 11) is 0. The van der Waals surface area contributed by atoms with Gasteiger partial charge in [-0.2, -0.15) is 0 Å². The van der Waals surface area contributed by atoms with Gasteiger partial charge in [0.05, 0.1) is 18.0 Å². The molecule has 1 aromatic carbocycles. The monoisotopic (exact) mass is 451 g/mol. The Bertz CT molecular complexity index is 753. The number of aromatic amines is 1. The molecule has 6 nitrogen and oxygen atoms in total. The number of halogens is 1. The third-order valence-electron chi connectivity index (χ3n) is 4.07. The van der Waals surface area contributed by atoms with Crippen molar-refractivity contribution in [1.29, 1.82) is 0 Å². The van der Waals surface area contributed by atoms with Crippen LogP contribution in [0.3, 0.4) is 0 Å². The third-order valence-corrected chi connectivity index (χ3v) is 4.59. The van der Waals surface area contributed by atoms with Crippen molar-refractivity contribution in [2.75, 3.05) is 6.61 Å². The number of alkyl carbamates (subject to hydrolysis) is 1. The summed E-state index contributed by atoms with van der Waals surface area (Å²) < 4.78 is 12.4. The van der Waals surface area contributed by atoms with Crippen molar-refractivity contribution in [3.63, 3.8) is 0 Å². The van der Waals surface area contributed by atoms with E-state index < -0.39 is 17.7 Å². The van der Waals surface area contributed by atoms with Gasteiger partial charge in [0.2, 0.25) is 0 Å². The van der Waals surface area contributed by atoms with E-state index in [9.17, 15) is 4.79 Å². The van der Waals surface area contributed by atoms with Crippen LogP contribution in [0.1, 0.15) is 59.3 Å². The SMILES string of the molecule is CCCCO[C@H](C)[C@H](NC(=O)OC(C)(C)C)c1ncc(-c2ccc(Br)cc2)[nH]1. The van der Waals surface area contributed by atoms with Crippen molar-refractivity contribution in [1.82, 2.24) is 15.3 Å². The molecule has 1 heterocycles. The van der Waals surface area contributed by atoms with Gasteiger partial charge >= 0.3 is 6.09 Å². The Morgan fingerprint density at radius 1 is 1.29 bits per heavy atom. The van der Waals surface area contributed by atoms with Crippen LogP contribution in [-0.2, 0) is 9.47 Å². The molecular weight excluding hydrogens is 422 g/mol. The molecule has 154 valence electrons. The molecule has 1 amide bonds. The molecule has 28 heavy (non-hydrogen) atoms. The van der Waals surface area contributed by atoms with E-state index in [2.05, 4.69) is 38.1 Å². The predicted octanol–water partition coefficient (Wildman–Crippen LogP) is 5.61. The van der Waals surface area contributed by atoms with E-state index in [1.807, 2.05) is 52.0 Å². The van der Waals surface area contributed by atoms with Gasteiger partial charge in [-0.15, -0.1) is 0 Å². The molecule has 2 N–H and O–H groups in total. The maximum atomic E-state index is 12.4. The fraction of sp³-hybridized carbons (Fsp3) is 0.524. The average Bonchev–Trinajstić information content (AvgIpc) is 3.08. The minimum absolute atomic E-state index is 0.261. The summed E-state index contributed by atoms with van der Waals surface area (Å²) >= 11 is 3.44. The number of H-pyrrole nitrogens is 1. The Labute approximate surface area is 175 Å². The van der Waals surface area contributed by atoms with Crippen molar-refractivity contribution in [2.24, 2.45) is 0 Å². The number of ether oxygens (including phenoxy) is 2. The molecule has 0 saturated carbocycles. The fourth-order valence-corrected chi connectivity index (χ4v) is 2.89. The number of rotatable bonds is 8. The van der Waals surface area contributed by atoms with Gasteiger partial charge in [0.25, 0.3) is 0 Å². The highest BCUT2D eigenvalue weighted by Crippen LogP contribution is 2.24. The first-order chi connectivity index (χ1) is 13.2. The first kappa shape index (κ1) is 22.4. The van der Waals surface area contributed by atoms with E-state index in [-0.39, 0.29) is 6.10 Å². The maximum absolute atomic E-state index is 12.4. The number of benzene rings is 1. The second-order valence-corrected chi connectivity index (χ2v) is 8.66. The number of imidazole rings is 1. The highest BCUT2D eigenvalue weighted by atomic mass is 79.9. The van der Waals surface area contributed by atoms with Crippen molar-refractivity contribution >= 4 is 22.0 Å². The topological polar surface area (TPSA) is 76.2 Å². The molecule has 1 aromatic heterocycles. The van der Waals surface area contributed by atoms with Crippen LogP contribution in [0.5, 0.6) is 0 Å². The van der Waals surface area contributed by atoms with Crippen LogP contribution < -0.4 is 5.32 Å². The first-order valence-electron chi connectivity index (χ1n) is 9.61. The standard InChI is InChI=1S/C21H30BrN3O3/c1-6-7-12-27-14(2)18(25-20(26)28-21(3,4)5)19-23-13-17(24-19)15-8-10-16(22)11-9-15/h8-11,13-14,18H,6-7,12H2,1-5H3,(H,23,24)(H,25,26)/t14-,18+/m1/s1. The van der Waals surface area contributed by atoms with Crippen molar-refractivity contribution in [2.45, 2.75) is 65.2 Å². The summed E-state index contributed by atoms with van der Waals surface area (Å²) in [4.78, 5) is 20.2. The maximum Gasteiger partial charge on any atom is 0.408 e. The highest BCUT2D eigenvalue weighted by Gasteiger charge is 2.27. The minimum Gasteiger partial charge on any atom is -0.444 e.